The summed E-state index contributed by atoms with van der Waals surface area (Å²) in [7, 11) is 0. The average molecular weight is 853 g/mol. The van der Waals surface area contributed by atoms with E-state index in [4.69, 9.17) is 14.2 Å². The summed E-state index contributed by atoms with van der Waals surface area (Å²) in [4.78, 5) is 37.9. The summed E-state index contributed by atoms with van der Waals surface area (Å²) >= 11 is 0. The molecule has 0 rings (SSSR count). The highest BCUT2D eigenvalue weighted by Gasteiger charge is 2.19. The van der Waals surface area contributed by atoms with Crippen LogP contribution < -0.4 is 0 Å². The normalized spacial score (nSPS) is 12.5. The van der Waals surface area contributed by atoms with Crippen LogP contribution in [0.1, 0.15) is 252 Å². The monoisotopic (exact) mass is 853 g/mol. The molecule has 0 bridgehead atoms. The Kier molecular flexibility index (Phi) is 47.4. The Labute approximate surface area is 377 Å². The summed E-state index contributed by atoms with van der Waals surface area (Å²) in [6.45, 7) is 6.52. The zero-order chi connectivity index (χ0) is 44.4. The molecular weight excluding hydrogens is 757 g/mol. The van der Waals surface area contributed by atoms with Gasteiger partial charge in [0.25, 0.3) is 0 Å². The second kappa shape index (κ2) is 49.8. The Morgan fingerprint density at radius 3 is 0.967 bits per heavy atom. The van der Waals surface area contributed by atoms with Crippen molar-refractivity contribution in [3.8, 4) is 0 Å². The van der Waals surface area contributed by atoms with Crippen LogP contribution in [0.3, 0.4) is 0 Å². The van der Waals surface area contributed by atoms with Crippen molar-refractivity contribution in [2.75, 3.05) is 13.2 Å². The SMILES string of the molecule is CCCC/C=C\CCCCCCCC(=O)OC[C@H](COC(=O)CCCCCCCCC/C=C\C/C=C\CCCCC)OC(=O)CCCCCCC/C=C\C/C=C\CCCCC. The molecule has 352 valence electrons. The van der Waals surface area contributed by atoms with E-state index in [-0.39, 0.29) is 31.1 Å². The standard InChI is InChI=1S/C55H96O6/c1-4-7-10-13-16-19-22-24-26-27-29-30-33-36-39-42-45-48-54(57)60-51-52(50-59-53(56)47-44-41-38-35-32-21-18-15-12-9-6-3)61-55(58)49-46-43-40-37-34-31-28-25-23-20-17-14-11-8-5-2/h15-20,24-26,28,52H,4-14,21-23,27,29-51H2,1-3H3/b18-15-,19-16-,20-17-,26-24-,28-25-/t52-/m1/s1. The molecule has 61 heavy (non-hydrogen) atoms. The van der Waals surface area contributed by atoms with Crippen molar-refractivity contribution >= 4 is 17.9 Å². The Balaban J connectivity index is 4.40. The van der Waals surface area contributed by atoms with Gasteiger partial charge in [0.15, 0.2) is 6.10 Å². The van der Waals surface area contributed by atoms with Gasteiger partial charge in [-0.3, -0.25) is 14.4 Å². The van der Waals surface area contributed by atoms with E-state index in [0.29, 0.717) is 19.3 Å². The maximum absolute atomic E-state index is 12.8. The Morgan fingerprint density at radius 1 is 0.328 bits per heavy atom. The largest absolute Gasteiger partial charge is 0.462 e. The van der Waals surface area contributed by atoms with Gasteiger partial charge in [-0.1, -0.05) is 191 Å². The number of rotatable bonds is 46. The number of hydrogen-bond donors (Lipinski definition) is 0. The third-order valence-corrected chi connectivity index (χ3v) is 11.0. The maximum Gasteiger partial charge on any atom is 0.306 e. The highest BCUT2D eigenvalue weighted by atomic mass is 16.6. The molecule has 0 N–H and O–H groups in total. The minimum atomic E-state index is -0.786. The fraction of sp³-hybridized carbons (Fsp3) is 0.764. The predicted molar refractivity (Wildman–Crippen MR) is 261 cm³/mol. The average Bonchev–Trinajstić information content (AvgIpc) is 3.26. The second-order valence-corrected chi connectivity index (χ2v) is 17.1. The smallest absolute Gasteiger partial charge is 0.306 e. The van der Waals surface area contributed by atoms with Crippen LogP contribution in [0.4, 0.5) is 0 Å². The second-order valence-electron chi connectivity index (χ2n) is 17.1. The van der Waals surface area contributed by atoms with Gasteiger partial charge in [0, 0.05) is 19.3 Å². The summed E-state index contributed by atoms with van der Waals surface area (Å²) in [5.41, 5.74) is 0. The summed E-state index contributed by atoms with van der Waals surface area (Å²) in [5, 5.41) is 0. The third-order valence-electron chi connectivity index (χ3n) is 11.0. The van der Waals surface area contributed by atoms with Crippen molar-refractivity contribution in [1.82, 2.24) is 0 Å². The van der Waals surface area contributed by atoms with Gasteiger partial charge >= 0.3 is 17.9 Å². The van der Waals surface area contributed by atoms with Crippen LogP contribution in [0.2, 0.25) is 0 Å². The Morgan fingerprint density at radius 2 is 0.607 bits per heavy atom. The topological polar surface area (TPSA) is 78.9 Å². The number of hydrogen-bond acceptors (Lipinski definition) is 6. The molecule has 0 radical (unpaired) electrons. The molecule has 0 spiro atoms. The van der Waals surface area contributed by atoms with E-state index in [1.54, 1.807) is 0 Å². The molecule has 0 aromatic heterocycles. The molecule has 0 aliphatic heterocycles. The Bertz CT molecular complexity index is 1120. The fourth-order valence-corrected chi connectivity index (χ4v) is 7.01. The summed E-state index contributed by atoms with van der Waals surface area (Å²) in [5.74, 6) is -0.915. The molecule has 0 saturated carbocycles. The molecule has 0 aromatic carbocycles. The van der Waals surface area contributed by atoms with Crippen LogP contribution in [-0.2, 0) is 28.6 Å². The first-order valence-electron chi connectivity index (χ1n) is 25.8. The minimum absolute atomic E-state index is 0.0867. The lowest BCUT2D eigenvalue weighted by Gasteiger charge is -2.18. The lowest BCUT2D eigenvalue weighted by atomic mass is 10.1. The van der Waals surface area contributed by atoms with Crippen molar-refractivity contribution in [2.24, 2.45) is 0 Å². The molecule has 0 aliphatic carbocycles. The maximum atomic E-state index is 12.8. The highest BCUT2D eigenvalue weighted by molar-refractivity contribution is 5.71. The number of carbonyl (C=O) groups excluding carboxylic acids is 3. The van der Waals surface area contributed by atoms with Crippen LogP contribution in [0.25, 0.3) is 0 Å². The Hall–Kier alpha value is -2.89. The molecule has 1 atom stereocenters. The molecule has 0 heterocycles. The number of allylic oxidation sites excluding steroid dienone is 10. The van der Waals surface area contributed by atoms with Crippen molar-refractivity contribution in [3.63, 3.8) is 0 Å². The van der Waals surface area contributed by atoms with Crippen molar-refractivity contribution in [3.05, 3.63) is 60.8 Å². The van der Waals surface area contributed by atoms with Gasteiger partial charge in [-0.25, -0.2) is 0 Å². The van der Waals surface area contributed by atoms with E-state index in [1.165, 1.54) is 109 Å². The molecule has 0 fully saturated rings. The number of ether oxygens (including phenoxy) is 3. The fourth-order valence-electron chi connectivity index (χ4n) is 7.01. The van der Waals surface area contributed by atoms with Crippen LogP contribution in [0.15, 0.2) is 60.8 Å². The molecule has 0 aliphatic rings. The molecule has 0 unspecified atom stereocenters. The van der Waals surface area contributed by atoms with Gasteiger partial charge in [-0.15, -0.1) is 0 Å². The van der Waals surface area contributed by atoms with Gasteiger partial charge in [0.2, 0.25) is 0 Å². The van der Waals surface area contributed by atoms with Gasteiger partial charge in [-0.2, -0.15) is 0 Å². The molecule has 6 nitrogen and oxygen atoms in total. The molecule has 0 aromatic rings. The van der Waals surface area contributed by atoms with Crippen LogP contribution in [-0.4, -0.2) is 37.2 Å². The zero-order valence-electron chi connectivity index (χ0n) is 40.2. The zero-order valence-corrected chi connectivity index (χ0v) is 40.2. The van der Waals surface area contributed by atoms with E-state index >= 15 is 0 Å². The first kappa shape index (κ1) is 58.1. The number of unbranched alkanes of at least 4 members (excludes halogenated alkanes) is 25. The van der Waals surface area contributed by atoms with Gasteiger partial charge in [0.1, 0.15) is 13.2 Å². The van der Waals surface area contributed by atoms with E-state index < -0.39 is 6.10 Å². The summed E-state index contributed by atoms with van der Waals surface area (Å²) in [6, 6.07) is 0. The lowest BCUT2D eigenvalue weighted by Crippen LogP contribution is -2.30. The molecule has 0 saturated heterocycles. The minimum Gasteiger partial charge on any atom is -0.462 e. The summed E-state index contributed by atoms with van der Waals surface area (Å²) in [6.07, 6.45) is 60.5. The molecule has 0 amide bonds. The van der Waals surface area contributed by atoms with Gasteiger partial charge in [-0.05, 0) is 103 Å². The van der Waals surface area contributed by atoms with Crippen LogP contribution >= 0.6 is 0 Å². The van der Waals surface area contributed by atoms with Gasteiger partial charge in [0.05, 0.1) is 0 Å². The highest BCUT2D eigenvalue weighted by Crippen LogP contribution is 2.14. The quantitative estimate of drug-likeness (QED) is 0.0263. The van der Waals surface area contributed by atoms with E-state index in [2.05, 4.69) is 81.5 Å². The van der Waals surface area contributed by atoms with Crippen LogP contribution in [0, 0.1) is 0 Å². The van der Waals surface area contributed by atoms with Crippen molar-refractivity contribution < 1.29 is 28.6 Å². The van der Waals surface area contributed by atoms with E-state index in [1.807, 2.05) is 0 Å². The van der Waals surface area contributed by atoms with Crippen LogP contribution in [0.5, 0.6) is 0 Å². The number of esters is 3. The number of carbonyl (C=O) groups is 3. The molecular formula is C55H96O6. The first-order valence-corrected chi connectivity index (χ1v) is 25.8. The summed E-state index contributed by atoms with van der Waals surface area (Å²) < 4.78 is 16.8. The van der Waals surface area contributed by atoms with E-state index in [9.17, 15) is 14.4 Å². The van der Waals surface area contributed by atoms with Crippen molar-refractivity contribution in [2.45, 2.75) is 258 Å². The lowest BCUT2D eigenvalue weighted by molar-refractivity contribution is -0.167. The van der Waals surface area contributed by atoms with Gasteiger partial charge < -0.3 is 14.2 Å². The molecule has 6 heteroatoms. The first-order chi connectivity index (χ1) is 30.0. The van der Waals surface area contributed by atoms with Crippen molar-refractivity contribution in [1.29, 1.82) is 0 Å². The third kappa shape index (κ3) is 48.0. The van der Waals surface area contributed by atoms with E-state index in [0.717, 1.165) is 103 Å². The predicted octanol–water partition coefficient (Wildman–Crippen LogP) is 16.9.